The number of amides is 1. The zero-order valence-electron chi connectivity index (χ0n) is 14.8. The molecule has 0 saturated heterocycles. The summed E-state index contributed by atoms with van der Waals surface area (Å²) < 4.78 is 25.5. The van der Waals surface area contributed by atoms with Gasteiger partial charge in [-0.05, 0) is 80.8 Å². The molecule has 1 aliphatic carbocycles. The van der Waals surface area contributed by atoms with Crippen LogP contribution in [-0.4, -0.2) is 14.3 Å². The standard InChI is InChI=1S/C18H22N2O3S2/c1-10-8-11(2)13(4)17(12(10)3)25(22,23)20-19-18(21)16-9-14-6-5-7-15(14)24-16/h8-9,20H,5-7H2,1-4H3,(H,19,21). The second-order valence-corrected chi connectivity index (χ2v) is 9.32. The number of nitrogens with one attached hydrogen (secondary N) is 2. The van der Waals surface area contributed by atoms with Crippen LogP contribution in [0.25, 0.3) is 0 Å². The minimum Gasteiger partial charge on any atom is -0.273 e. The third-order valence-electron chi connectivity index (χ3n) is 4.84. The summed E-state index contributed by atoms with van der Waals surface area (Å²) in [5, 5.41) is 0. The Kier molecular flexibility index (Phi) is 4.74. The zero-order valence-corrected chi connectivity index (χ0v) is 16.5. The molecule has 0 aliphatic heterocycles. The molecule has 2 N–H and O–H groups in total. The third-order valence-corrected chi connectivity index (χ3v) is 7.59. The van der Waals surface area contributed by atoms with Crippen molar-refractivity contribution < 1.29 is 13.2 Å². The average Bonchev–Trinajstić information content (AvgIpc) is 3.12. The molecule has 134 valence electrons. The highest BCUT2D eigenvalue weighted by molar-refractivity contribution is 7.89. The molecule has 3 rings (SSSR count). The van der Waals surface area contributed by atoms with Crippen molar-refractivity contribution in [3.8, 4) is 0 Å². The van der Waals surface area contributed by atoms with Crippen molar-refractivity contribution in [2.24, 2.45) is 0 Å². The van der Waals surface area contributed by atoms with Crippen LogP contribution < -0.4 is 10.3 Å². The Morgan fingerprint density at radius 3 is 2.28 bits per heavy atom. The summed E-state index contributed by atoms with van der Waals surface area (Å²) in [5.74, 6) is -0.414. The van der Waals surface area contributed by atoms with Crippen LogP contribution in [0, 0.1) is 27.7 Å². The topological polar surface area (TPSA) is 75.3 Å². The van der Waals surface area contributed by atoms with E-state index >= 15 is 0 Å². The van der Waals surface area contributed by atoms with Crippen molar-refractivity contribution >= 4 is 27.3 Å². The summed E-state index contributed by atoms with van der Waals surface area (Å²) >= 11 is 1.44. The maximum Gasteiger partial charge on any atom is 0.276 e. The van der Waals surface area contributed by atoms with Crippen molar-refractivity contribution in [3.05, 3.63) is 49.7 Å². The number of carbonyl (C=O) groups is 1. The lowest BCUT2D eigenvalue weighted by atomic mass is 10.0. The molecule has 1 amide bonds. The van der Waals surface area contributed by atoms with E-state index in [9.17, 15) is 13.2 Å². The van der Waals surface area contributed by atoms with Crippen molar-refractivity contribution in [2.45, 2.75) is 51.9 Å². The monoisotopic (exact) mass is 378 g/mol. The van der Waals surface area contributed by atoms with E-state index in [1.807, 2.05) is 26.0 Å². The first-order chi connectivity index (χ1) is 11.7. The number of sulfonamides is 1. The first-order valence-corrected chi connectivity index (χ1v) is 10.5. The molecule has 1 aliphatic rings. The van der Waals surface area contributed by atoms with Gasteiger partial charge in [-0.1, -0.05) is 6.07 Å². The van der Waals surface area contributed by atoms with E-state index in [-0.39, 0.29) is 4.90 Å². The summed E-state index contributed by atoms with van der Waals surface area (Å²) in [6.07, 6.45) is 3.12. The first-order valence-electron chi connectivity index (χ1n) is 8.22. The van der Waals surface area contributed by atoms with E-state index in [0.29, 0.717) is 16.0 Å². The summed E-state index contributed by atoms with van der Waals surface area (Å²) in [6, 6.07) is 3.83. The van der Waals surface area contributed by atoms with E-state index in [4.69, 9.17) is 0 Å². The fourth-order valence-electron chi connectivity index (χ4n) is 3.25. The minimum atomic E-state index is -3.84. The number of hydrogen-bond acceptors (Lipinski definition) is 4. The molecule has 0 unspecified atom stereocenters. The minimum absolute atomic E-state index is 0.235. The molecule has 7 heteroatoms. The summed E-state index contributed by atoms with van der Waals surface area (Å²) in [6.45, 7) is 7.32. The van der Waals surface area contributed by atoms with Crippen LogP contribution >= 0.6 is 11.3 Å². The van der Waals surface area contributed by atoms with Crippen LogP contribution in [0.4, 0.5) is 0 Å². The molecule has 0 atom stereocenters. The highest BCUT2D eigenvalue weighted by atomic mass is 32.2. The Morgan fingerprint density at radius 2 is 1.68 bits per heavy atom. The number of thiophene rings is 1. The highest BCUT2D eigenvalue weighted by Gasteiger charge is 2.24. The van der Waals surface area contributed by atoms with Gasteiger partial charge in [-0.2, -0.15) is 0 Å². The van der Waals surface area contributed by atoms with E-state index in [1.54, 1.807) is 13.8 Å². The second-order valence-electron chi connectivity index (χ2n) is 6.56. The Morgan fingerprint density at radius 1 is 1.04 bits per heavy atom. The van der Waals surface area contributed by atoms with Gasteiger partial charge in [0.2, 0.25) is 0 Å². The van der Waals surface area contributed by atoms with Crippen molar-refractivity contribution in [2.75, 3.05) is 0 Å². The van der Waals surface area contributed by atoms with Gasteiger partial charge in [0.05, 0.1) is 9.77 Å². The Hall–Kier alpha value is -1.70. The van der Waals surface area contributed by atoms with Gasteiger partial charge in [0.1, 0.15) is 0 Å². The maximum absolute atomic E-state index is 12.7. The lowest BCUT2D eigenvalue weighted by molar-refractivity contribution is 0.0949. The van der Waals surface area contributed by atoms with E-state index in [0.717, 1.165) is 30.4 Å². The molecule has 5 nitrogen and oxygen atoms in total. The number of hydrogen-bond donors (Lipinski definition) is 2. The fourth-order valence-corrected chi connectivity index (χ4v) is 5.86. The largest absolute Gasteiger partial charge is 0.276 e. The van der Waals surface area contributed by atoms with Gasteiger partial charge in [0.25, 0.3) is 15.9 Å². The quantitative estimate of drug-likeness (QED) is 0.803. The molecule has 0 radical (unpaired) electrons. The summed E-state index contributed by atoms with van der Waals surface area (Å²) in [4.78, 5) is 16.6. The second kappa shape index (κ2) is 6.55. The molecular formula is C18H22N2O3S2. The average molecular weight is 379 g/mol. The van der Waals surface area contributed by atoms with Crippen LogP contribution in [0.2, 0.25) is 0 Å². The zero-order chi connectivity index (χ0) is 18.4. The highest BCUT2D eigenvalue weighted by Crippen LogP contribution is 2.30. The van der Waals surface area contributed by atoms with Gasteiger partial charge >= 0.3 is 0 Å². The Balaban J connectivity index is 1.81. The van der Waals surface area contributed by atoms with Gasteiger partial charge in [-0.15, -0.1) is 16.2 Å². The number of fused-ring (bicyclic) bond motifs is 1. The van der Waals surface area contributed by atoms with E-state index in [1.165, 1.54) is 21.8 Å². The predicted octanol–water partition coefficient (Wildman–Crippen LogP) is 3.09. The molecular weight excluding hydrogens is 356 g/mol. The molecule has 1 aromatic carbocycles. The lowest BCUT2D eigenvalue weighted by Gasteiger charge is -2.16. The summed E-state index contributed by atoms with van der Waals surface area (Å²) in [7, 11) is -3.84. The van der Waals surface area contributed by atoms with Gasteiger partial charge < -0.3 is 0 Å². The number of rotatable bonds is 4. The van der Waals surface area contributed by atoms with Gasteiger partial charge in [-0.3, -0.25) is 10.2 Å². The molecule has 25 heavy (non-hydrogen) atoms. The summed E-state index contributed by atoms with van der Waals surface area (Å²) in [5.41, 5.74) is 6.76. The SMILES string of the molecule is Cc1cc(C)c(C)c(S(=O)(=O)NNC(=O)c2cc3c(s2)CCC3)c1C. The van der Waals surface area contributed by atoms with Crippen LogP contribution in [0.5, 0.6) is 0 Å². The normalized spacial score (nSPS) is 13.8. The molecule has 1 heterocycles. The van der Waals surface area contributed by atoms with Crippen molar-refractivity contribution in [3.63, 3.8) is 0 Å². The van der Waals surface area contributed by atoms with Crippen LogP contribution in [-0.2, 0) is 22.9 Å². The number of aryl methyl sites for hydroxylation is 4. The van der Waals surface area contributed by atoms with Crippen molar-refractivity contribution in [1.82, 2.24) is 10.3 Å². The molecule has 0 saturated carbocycles. The fraction of sp³-hybridized carbons (Fsp3) is 0.389. The van der Waals surface area contributed by atoms with E-state index in [2.05, 4.69) is 10.3 Å². The molecule has 0 fully saturated rings. The number of benzene rings is 1. The third kappa shape index (κ3) is 3.36. The van der Waals surface area contributed by atoms with E-state index < -0.39 is 15.9 Å². The Labute approximate surface area is 152 Å². The molecule has 2 aromatic rings. The van der Waals surface area contributed by atoms with Crippen molar-refractivity contribution in [1.29, 1.82) is 0 Å². The van der Waals surface area contributed by atoms with Crippen LogP contribution in [0.1, 0.15) is 48.8 Å². The Bertz CT molecular complexity index is 911. The maximum atomic E-state index is 12.7. The van der Waals surface area contributed by atoms with Gasteiger partial charge in [0, 0.05) is 4.88 Å². The first kappa shape index (κ1) is 18.1. The smallest absolute Gasteiger partial charge is 0.273 e. The van der Waals surface area contributed by atoms with Gasteiger partial charge in [0.15, 0.2) is 0 Å². The van der Waals surface area contributed by atoms with Gasteiger partial charge in [-0.25, -0.2) is 8.42 Å². The molecule has 1 aromatic heterocycles. The lowest BCUT2D eigenvalue weighted by Crippen LogP contribution is -2.41. The molecule has 0 spiro atoms. The number of carbonyl (C=O) groups excluding carboxylic acids is 1. The molecule has 0 bridgehead atoms. The van der Waals surface area contributed by atoms with Crippen LogP contribution in [0.3, 0.4) is 0 Å². The number of hydrazine groups is 1. The predicted molar refractivity (Wildman–Crippen MR) is 99.5 cm³/mol. The van der Waals surface area contributed by atoms with Crippen LogP contribution in [0.15, 0.2) is 17.0 Å².